The molecule has 0 amide bonds. The van der Waals surface area contributed by atoms with Crippen LogP contribution in [-0.4, -0.2) is 26.3 Å². The smallest absolute Gasteiger partial charge is 0.316 e. The minimum atomic E-state index is -0.936. The van der Waals surface area contributed by atoms with Crippen molar-refractivity contribution in [1.82, 2.24) is 9.97 Å². The fraction of sp³-hybridized carbons (Fsp3) is 0.214. The van der Waals surface area contributed by atoms with Gasteiger partial charge < -0.3 is 10.1 Å². The number of aromatic amines is 1. The van der Waals surface area contributed by atoms with Gasteiger partial charge in [0.25, 0.3) is 5.56 Å². The number of nitrogens with zero attached hydrogens (tertiary/aromatic N) is 1. The number of aryl methyl sites for hydroxylation is 1. The lowest BCUT2D eigenvalue weighted by Gasteiger charge is -2.04. The number of carboxylic acids is 1. The predicted molar refractivity (Wildman–Crippen MR) is 91.2 cm³/mol. The van der Waals surface area contributed by atoms with Crippen molar-refractivity contribution in [1.29, 1.82) is 0 Å². The van der Waals surface area contributed by atoms with E-state index in [0.717, 1.165) is 27.1 Å². The minimum Gasteiger partial charge on any atom is -0.480 e. The number of thioether (sulfide) groups is 1. The molecule has 5 nitrogen and oxygen atoms in total. The standard InChI is InChI=1S/C14H12N2O3S3/c1-6-9(8-4-3-5-20-8)10-11(17)15-14(16-12(10)21-6)22-7(2)13(18)19/h3-5,7H,1-2H3,(H,18,19)(H,15,16,17). The molecule has 3 aromatic heterocycles. The Morgan fingerprint density at radius 2 is 2.27 bits per heavy atom. The number of thiophene rings is 2. The van der Waals surface area contributed by atoms with Crippen LogP contribution in [-0.2, 0) is 4.79 Å². The van der Waals surface area contributed by atoms with Gasteiger partial charge in [-0.3, -0.25) is 9.59 Å². The number of carboxylic acid groups (broad SMARTS) is 1. The molecule has 0 saturated carbocycles. The number of rotatable bonds is 4. The second-order valence-corrected chi connectivity index (χ2v) is 8.14. The molecule has 1 unspecified atom stereocenters. The Hall–Kier alpha value is -1.64. The summed E-state index contributed by atoms with van der Waals surface area (Å²) in [5, 5.41) is 11.2. The number of aliphatic carboxylic acids is 1. The first kappa shape index (κ1) is 15.3. The molecule has 0 saturated heterocycles. The van der Waals surface area contributed by atoms with E-state index in [9.17, 15) is 9.59 Å². The zero-order chi connectivity index (χ0) is 15.9. The fourth-order valence-electron chi connectivity index (χ4n) is 2.09. The lowest BCUT2D eigenvalue weighted by molar-refractivity contribution is -0.136. The van der Waals surface area contributed by atoms with Gasteiger partial charge in [-0.15, -0.1) is 22.7 Å². The maximum Gasteiger partial charge on any atom is 0.316 e. The Labute approximate surface area is 138 Å². The normalized spacial score (nSPS) is 12.6. The van der Waals surface area contributed by atoms with Gasteiger partial charge in [0, 0.05) is 15.3 Å². The Bertz CT molecular complexity index is 896. The van der Waals surface area contributed by atoms with Crippen LogP contribution >= 0.6 is 34.4 Å². The van der Waals surface area contributed by atoms with Crippen LogP contribution < -0.4 is 5.56 Å². The number of nitrogens with one attached hydrogen (secondary N) is 1. The summed E-state index contributed by atoms with van der Waals surface area (Å²) in [6.07, 6.45) is 0. The number of carbonyl (C=O) groups is 1. The Morgan fingerprint density at radius 1 is 1.50 bits per heavy atom. The molecule has 1 atom stereocenters. The van der Waals surface area contributed by atoms with Gasteiger partial charge in [-0.05, 0) is 25.3 Å². The topological polar surface area (TPSA) is 83.0 Å². The first-order chi connectivity index (χ1) is 10.5. The average molecular weight is 352 g/mol. The maximum atomic E-state index is 12.4. The van der Waals surface area contributed by atoms with Crippen molar-refractivity contribution < 1.29 is 9.90 Å². The van der Waals surface area contributed by atoms with Crippen molar-refractivity contribution in [2.24, 2.45) is 0 Å². The van der Waals surface area contributed by atoms with Crippen LogP contribution in [0, 0.1) is 6.92 Å². The molecule has 0 radical (unpaired) electrons. The van der Waals surface area contributed by atoms with Crippen LogP contribution in [0.3, 0.4) is 0 Å². The van der Waals surface area contributed by atoms with Gasteiger partial charge >= 0.3 is 5.97 Å². The summed E-state index contributed by atoms with van der Waals surface area (Å²) in [7, 11) is 0. The van der Waals surface area contributed by atoms with E-state index in [1.807, 2.05) is 24.4 Å². The summed E-state index contributed by atoms with van der Waals surface area (Å²) >= 11 is 4.07. The van der Waals surface area contributed by atoms with Crippen LogP contribution in [0.5, 0.6) is 0 Å². The molecular formula is C14H12N2O3S3. The zero-order valence-corrected chi connectivity index (χ0v) is 14.2. The van der Waals surface area contributed by atoms with Gasteiger partial charge in [0.1, 0.15) is 10.1 Å². The van der Waals surface area contributed by atoms with Crippen LogP contribution in [0.1, 0.15) is 11.8 Å². The molecule has 22 heavy (non-hydrogen) atoms. The summed E-state index contributed by atoms with van der Waals surface area (Å²) in [5.74, 6) is -0.936. The summed E-state index contributed by atoms with van der Waals surface area (Å²) in [5.41, 5.74) is 0.699. The number of aromatic nitrogens is 2. The second kappa shape index (κ2) is 5.86. The monoisotopic (exact) mass is 352 g/mol. The Balaban J connectivity index is 2.14. The van der Waals surface area contributed by atoms with Gasteiger partial charge in [0.15, 0.2) is 5.16 Å². The number of fused-ring (bicyclic) bond motifs is 1. The van der Waals surface area contributed by atoms with Gasteiger partial charge in [0.05, 0.1) is 5.39 Å². The van der Waals surface area contributed by atoms with E-state index in [2.05, 4.69) is 9.97 Å². The largest absolute Gasteiger partial charge is 0.480 e. The van der Waals surface area contributed by atoms with Crippen molar-refractivity contribution in [2.45, 2.75) is 24.3 Å². The van der Waals surface area contributed by atoms with Crippen molar-refractivity contribution in [3.8, 4) is 10.4 Å². The van der Waals surface area contributed by atoms with Gasteiger partial charge in [0.2, 0.25) is 0 Å². The third-order valence-corrected chi connectivity index (χ3v) is 5.98. The van der Waals surface area contributed by atoms with E-state index in [1.165, 1.54) is 11.3 Å². The molecule has 8 heteroatoms. The van der Waals surface area contributed by atoms with E-state index < -0.39 is 11.2 Å². The van der Waals surface area contributed by atoms with Gasteiger partial charge in [-0.2, -0.15) is 0 Å². The molecule has 0 aliphatic heterocycles. The predicted octanol–water partition coefficient (Wildman–Crippen LogP) is 3.59. The number of hydrogen-bond acceptors (Lipinski definition) is 6. The van der Waals surface area contributed by atoms with Crippen LogP contribution in [0.4, 0.5) is 0 Å². The summed E-state index contributed by atoms with van der Waals surface area (Å²) < 4.78 is 0. The summed E-state index contributed by atoms with van der Waals surface area (Å²) in [6.45, 7) is 3.53. The molecule has 0 aromatic carbocycles. The molecule has 0 aliphatic carbocycles. The van der Waals surface area contributed by atoms with E-state index in [1.54, 1.807) is 18.3 Å². The Kier molecular flexibility index (Phi) is 4.07. The van der Waals surface area contributed by atoms with E-state index in [-0.39, 0.29) is 5.56 Å². The average Bonchev–Trinajstić information content (AvgIpc) is 3.05. The second-order valence-electron chi connectivity index (χ2n) is 4.66. The van der Waals surface area contributed by atoms with Crippen molar-refractivity contribution >= 4 is 50.6 Å². The van der Waals surface area contributed by atoms with Gasteiger partial charge in [-0.1, -0.05) is 17.8 Å². The molecule has 3 rings (SSSR count). The van der Waals surface area contributed by atoms with Crippen LogP contribution in [0.2, 0.25) is 0 Å². The summed E-state index contributed by atoms with van der Waals surface area (Å²) in [6, 6.07) is 3.93. The van der Waals surface area contributed by atoms with E-state index in [4.69, 9.17) is 5.11 Å². The van der Waals surface area contributed by atoms with Crippen molar-refractivity contribution in [2.75, 3.05) is 0 Å². The Morgan fingerprint density at radius 3 is 2.91 bits per heavy atom. The zero-order valence-electron chi connectivity index (χ0n) is 11.7. The molecule has 114 valence electrons. The molecule has 3 aromatic rings. The lowest BCUT2D eigenvalue weighted by atomic mass is 10.1. The first-order valence-electron chi connectivity index (χ1n) is 6.44. The van der Waals surface area contributed by atoms with Crippen molar-refractivity contribution in [3.63, 3.8) is 0 Å². The highest BCUT2D eigenvalue weighted by Crippen LogP contribution is 2.38. The van der Waals surface area contributed by atoms with Crippen molar-refractivity contribution in [3.05, 3.63) is 32.7 Å². The number of hydrogen-bond donors (Lipinski definition) is 2. The SMILES string of the molecule is Cc1sc2nc(SC(C)C(=O)O)[nH]c(=O)c2c1-c1cccs1. The first-order valence-corrected chi connectivity index (χ1v) is 9.01. The van der Waals surface area contributed by atoms with E-state index >= 15 is 0 Å². The van der Waals surface area contributed by atoms with E-state index in [0.29, 0.717) is 15.4 Å². The molecule has 0 fully saturated rings. The number of H-pyrrole nitrogens is 1. The third-order valence-electron chi connectivity index (χ3n) is 3.12. The quantitative estimate of drug-likeness (QED) is 0.554. The fourth-order valence-corrected chi connectivity index (χ4v) is 4.82. The highest BCUT2D eigenvalue weighted by atomic mass is 32.2. The minimum absolute atomic E-state index is 0.224. The summed E-state index contributed by atoms with van der Waals surface area (Å²) in [4.78, 5) is 33.2. The molecule has 3 heterocycles. The third kappa shape index (κ3) is 2.69. The molecule has 0 aliphatic rings. The lowest BCUT2D eigenvalue weighted by Crippen LogP contribution is -2.14. The van der Waals surface area contributed by atoms with Crippen LogP contribution in [0.15, 0.2) is 27.5 Å². The molecular weight excluding hydrogens is 340 g/mol. The highest BCUT2D eigenvalue weighted by molar-refractivity contribution is 8.00. The molecule has 0 bridgehead atoms. The maximum absolute atomic E-state index is 12.4. The molecule has 2 N–H and O–H groups in total. The molecule has 0 spiro atoms. The van der Waals surface area contributed by atoms with Crippen LogP contribution in [0.25, 0.3) is 20.7 Å². The highest BCUT2D eigenvalue weighted by Gasteiger charge is 2.19. The van der Waals surface area contributed by atoms with Gasteiger partial charge in [-0.25, -0.2) is 4.98 Å².